The highest BCUT2D eigenvalue weighted by Gasteiger charge is 2.20. The number of benzene rings is 5. The highest BCUT2D eigenvalue weighted by Crippen LogP contribution is 2.41. The van der Waals surface area contributed by atoms with Crippen LogP contribution in [-0.2, 0) is 0 Å². The second kappa shape index (κ2) is 8.61. The van der Waals surface area contributed by atoms with Crippen LogP contribution in [0.2, 0.25) is 0 Å². The summed E-state index contributed by atoms with van der Waals surface area (Å²) in [5.74, 6) is 0. The van der Waals surface area contributed by atoms with Crippen molar-refractivity contribution in [1.82, 2.24) is 9.55 Å². The summed E-state index contributed by atoms with van der Waals surface area (Å²) in [6.45, 7) is 0. The van der Waals surface area contributed by atoms with Crippen LogP contribution in [0.1, 0.15) is 0 Å². The fourth-order valence-corrected chi connectivity index (χ4v) is 5.74. The number of para-hydroxylation sites is 4. The topological polar surface area (TPSA) is 34.2 Å². The van der Waals surface area contributed by atoms with Crippen LogP contribution in [0.25, 0.3) is 49.4 Å². The van der Waals surface area contributed by atoms with Gasteiger partial charge in [0.1, 0.15) is 11.3 Å². The molecule has 0 N–H and O–H groups in total. The largest absolute Gasteiger partial charge is 0.454 e. The van der Waals surface area contributed by atoms with E-state index in [9.17, 15) is 0 Å². The fraction of sp³-hybridized carbons (Fsp3) is 0. The summed E-state index contributed by atoms with van der Waals surface area (Å²) in [6.07, 6.45) is 3.78. The Labute approximate surface area is 225 Å². The van der Waals surface area contributed by atoms with Crippen molar-refractivity contribution >= 4 is 60.8 Å². The summed E-state index contributed by atoms with van der Waals surface area (Å²) in [6, 6.07) is 44.4. The molecule has 5 aromatic carbocycles. The van der Waals surface area contributed by atoms with Gasteiger partial charge in [0.15, 0.2) is 5.58 Å². The molecule has 0 aliphatic rings. The van der Waals surface area contributed by atoms with Crippen molar-refractivity contribution in [2.24, 2.45) is 0 Å². The molecule has 0 saturated carbocycles. The van der Waals surface area contributed by atoms with Crippen LogP contribution in [0, 0.1) is 0 Å². The third-order valence-electron chi connectivity index (χ3n) is 7.47. The molecule has 3 heterocycles. The van der Waals surface area contributed by atoms with Gasteiger partial charge in [-0.3, -0.25) is 4.98 Å². The van der Waals surface area contributed by atoms with E-state index in [2.05, 4.69) is 118 Å². The van der Waals surface area contributed by atoms with Gasteiger partial charge in [0.2, 0.25) is 0 Å². The van der Waals surface area contributed by atoms with Crippen molar-refractivity contribution in [2.75, 3.05) is 4.90 Å². The molecular weight excluding hydrogens is 478 g/mol. The van der Waals surface area contributed by atoms with E-state index in [-0.39, 0.29) is 0 Å². The minimum absolute atomic E-state index is 0.821. The smallest absolute Gasteiger partial charge is 0.162 e. The van der Waals surface area contributed by atoms with Crippen LogP contribution in [0.3, 0.4) is 0 Å². The molecular formula is C35H23N3O. The average molecular weight is 502 g/mol. The number of aromatic nitrogens is 2. The first-order valence-corrected chi connectivity index (χ1v) is 13.1. The zero-order valence-electron chi connectivity index (χ0n) is 21.0. The molecule has 3 aromatic heterocycles. The van der Waals surface area contributed by atoms with Gasteiger partial charge in [0, 0.05) is 44.8 Å². The Morgan fingerprint density at radius 3 is 1.82 bits per heavy atom. The lowest BCUT2D eigenvalue weighted by Crippen LogP contribution is -2.10. The van der Waals surface area contributed by atoms with Crippen LogP contribution in [0.15, 0.2) is 144 Å². The number of pyridine rings is 1. The van der Waals surface area contributed by atoms with Crippen LogP contribution in [-0.4, -0.2) is 9.55 Å². The molecule has 8 rings (SSSR count). The summed E-state index contributed by atoms with van der Waals surface area (Å²) >= 11 is 0. The summed E-state index contributed by atoms with van der Waals surface area (Å²) in [7, 11) is 0. The van der Waals surface area contributed by atoms with Crippen LogP contribution >= 0.6 is 0 Å². The number of hydrogen-bond acceptors (Lipinski definition) is 3. The monoisotopic (exact) mass is 501 g/mol. The molecule has 0 radical (unpaired) electrons. The highest BCUT2D eigenvalue weighted by atomic mass is 16.3. The molecule has 4 heteroatoms. The van der Waals surface area contributed by atoms with Gasteiger partial charge in [-0.05, 0) is 54.6 Å². The number of rotatable bonds is 4. The predicted molar refractivity (Wildman–Crippen MR) is 161 cm³/mol. The minimum Gasteiger partial charge on any atom is -0.454 e. The maximum Gasteiger partial charge on any atom is 0.162 e. The van der Waals surface area contributed by atoms with E-state index in [1.807, 2.05) is 36.7 Å². The normalized spacial score (nSPS) is 11.6. The van der Waals surface area contributed by atoms with Crippen molar-refractivity contribution < 1.29 is 4.42 Å². The predicted octanol–water partition coefficient (Wildman–Crippen LogP) is 9.55. The van der Waals surface area contributed by atoms with E-state index in [4.69, 9.17) is 4.42 Å². The van der Waals surface area contributed by atoms with Gasteiger partial charge in [-0.1, -0.05) is 72.8 Å². The lowest BCUT2D eigenvalue weighted by atomic mass is 10.1. The van der Waals surface area contributed by atoms with E-state index in [1.54, 1.807) is 0 Å². The molecule has 0 saturated heterocycles. The molecule has 4 nitrogen and oxygen atoms in total. The Balaban J connectivity index is 1.32. The van der Waals surface area contributed by atoms with Gasteiger partial charge in [-0.15, -0.1) is 0 Å². The quantitative estimate of drug-likeness (QED) is 0.241. The first-order valence-electron chi connectivity index (χ1n) is 13.1. The summed E-state index contributed by atoms with van der Waals surface area (Å²) in [5.41, 5.74) is 8.16. The second-order valence-electron chi connectivity index (χ2n) is 9.69. The number of hydrogen-bond donors (Lipinski definition) is 0. The number of furan rings is 1. The molecule has 0 aliphatic heterocycles. The van der Waals surface area contributed by atoms with Crippen molar-refractivity contribution in [3.63, 3.8) is 0 Å². The molecule has 0 aliphatic carbocycles. The highest BCUT2D eigenvalue weighted by molar-refractivity contribution is 6.10. The van der Waals surface area contributed by atoms with Gasteiger partial charge in [-0.2, -0.15) is 0 Å². The Kier molecular flexibility index (Phi) is 4.79. The van der Waals surface area contributed by atoms with Gasteiger partial charge >= 0.3 is 0 Å². The maximum absolute atomic E-state index is 6.40. The first kappa shape index (κ1) is 21.7. The zero-order chi connectivity index (χ0) is 25.8. The maximum atomic E-state index is 6.40. The zero-order valence-corrected chi connectivity index (χ0v) is 21.0. The lowest BCUT2D eigenvalue weighted by Gasteiger charge is -2.25. The number of nitrogens with zero attached hydrogens (tertiary/aromatic N) is 3. The molecule has 0 bridgehead atoms. The molecule has 184 valence electrons. The third-order valence-corrected chi connectivity index (χ3v) is 7.47. The van der Waals surface area contributed by atoms with Crippen LogP contribution < -0.4 is 4.90 Å². The van der Waals surface area contributed by atoms with Crippen molar-refractivity contribution in [3.05, 3.63) is 140 Å². The standard InChI is InChI=1S/C35H23N3O/c1-2-10-24(11-3-1)37(33-23-36-22-30-29-14-6-9-17-34(29)39-35(30)33)25-18-20-26(21-19-25)38-31-15-7-4-12-27(31)28-13-5-8-16-32(28)38/h1-23H. The van der Waals surface area contributed by atoms with Crippen LogP contribution in [0.5, 0.6) is 0 Å². The van der Waals surface area contributed by atoms with Gasteiger partial charge in [0.25, 0.3) is 0 Å². The first-order chi connectivity index (χ1) is 19.4. The van der Waals surface area contributed by atoms with E-state index in [0.29, 0.717) is 0 Å². The Bertz CT molecular complexity index is 2070. The molecule has 0 amide bonds. The Morgan fingerprint density at radius 1 is 0.513 bits per heavy atom. The Morgan fingerprint density at radius 2 is 1.10 bits per heavy atom. The van der Waals surface area contributed by atoms with Crippen molar-refractivity contribution in [3.8, 4) is 5.69 Å². The van der Waals surface area contributed by atoms with Crippen molar-refractivity contribution in [2.45, 2.75) is 0 Å². The lowest BCUT2D eigenvalue weighted by molar-refractivity contribution is 0.668. The van der Waals surface area contributed by atoms with E-state index in [0.717, 1.165) is 44.7 Å². The second-order valence-corrected chi connectivity index (χ2v) is 9.69. The minimum atomic E-state index is 0.821. The van der Waals surface area contributed by atoms with E-state index >= 15 is 0 Å². The van der Waals surface area contributed by atoms with Gasteiger partial charge in [0.05, 0.1) is 17.2 Å². The third kappa shape index (κ3) is 3.35. The summed E-state index contributed by atoms with van der Waals surface area (Å²) < 4.78 is 8.74. The molecule has 8 aromatic rings. The SMILES string of the molecule is c1ccc(N(c2ccc(-n3c4ccccc4c4ccccc43)cc2)c2cncc3c2oc2ccccc23)cc1. The molecule has 0 spiro atoms. The Hall–Kier alpha value is -5.35. The number of fused-ring (bicyclic) bond motifs is 6. The van der Waals surface area contributed by atoms with Gasteiger partial charge in [-0.25, -0.2) is 0 Å². The average Bonchev–Trinajstić information content (AvgIpc) is 3.55. The number of anilines is 3. The fourth-order valence-electron chi connectivity index (χ4n) is 5.74. The molecule has 39 heavy (non-hydrogen) atoms. The summed E-state index contributed by atoms with van der Waals surface area (Å²) in [4.78, 5) is 6.84. The summed E-state index contributed by atoms with van der Waals surface area (Å²) in [5, 5.41) is 4.58. The van der Waals surface area contributed by atoms with Crippen LogP contribution in [0.4, 0.5) is 17.1 Å². The van der Waals surface area contributed by atoms with Gasteiger partial charge < -0.3 is 13.9 Å². The molecule has 0 fully saturated rings. The van der Waals surface area contributed by atoms with E-state index < -0.39 is 0 Å². The molecule has 0 unspecified atom stereocenters. The van der Waals surface area contributed by atoms with E-state index in [1.165, 1.54) is 21.8 Å². The molecule has 0 atom stereocenters. The van der Waals surface area contributed by atoms with Crippen molar-refractivity contribution in [1.29, 1.82) is 0 Å².